The number of carbonyl (C=O) groups is 3. The van der Waals surface area contributed by atoms with Gasteiger partial charge in [-0.15, -0.1) is 0 Å². The molecule has 0 saturated carbocycles. The van der Waals surface area contributed by atoms with Crippen LogP contribution in [0.5, 0.6) is 11.5 Å². The highest BCUT2D eigenvalue weighted by atomic mass is 16.5. The van der Waals surface area contributed by atoms with Crippen molar-refractivity contribution in [2.75, 3.05) is 12.4 Å². The molecule has 2 aromatic rings. The Balaban J connectivity index is 1.90. The van der Waals surface area contributed by atoms with Crippen LogP contribution in [-0.2, 0) is 14.4 Å². The van der Waals surface area contributed by atoms with Crippen LogP contribution in [0.3, 0.4) is 0 Å². The fraction of sp³-hybridized carbons (Fsp3) is 0.136. The second-order valence-corrected chi connectivity index (χ2v) is 6.01. The largest absolute Gasteiger partial charge is 0.504 e. The number of ether oxygens (including phenoxy) is 1. The number of ketones is 2. The highest BCUT2D eigenvalue weighted by Crippen LogP contribution is 2.26. The van der Waals surface area contributed by atoms with Gasteiger partial charge in [0.1, 0.15) is 0 Å². The molecule has 0 bridgehead atoms. The maximum absolute atomic E-state index is 11.9. The SMILES string of the molecule is COc1cc(/C=C/C(=O)CC(=O)/C=C/c2ccc(NC(C)=O)cc2)ccc1O. The van der Waals surface area contributed by atoms with Crippen LogP contribution in [0.15, 0.2) is 54.6 Å². The molecule has 0 spiro atoms. The van der Waals surface area contributed by atoms with E-state index in [9.17, 15) is 19.5 Å². The minimum Gasteiger partial charge on any atom is -0.504 e. The molecule has 0 heterocycles. The average molecular weight is 379 g/mol. The third-order valence-electron chi connectivity index (χ3n) is 3.71. The molecule has 0 unspecified atom stereocenters. The molecule has 28 heavy (non-hydrogen) atoms. The summed E-state index contributed by atoms with van der Waals surface area (Å²) >= 11 is 0. The molecule has 0 aromatic heterocycles. The van der Waals surface area contributed by atoms with Gasteiger partial charge < -0.3 is 15.2 Å². The van der Waals surface area contributed by atoms with E-state index in [0.29, 0.717) is 17.0 Å². The van der Waals surface area contributed by atoms with Crippen LogP contribution in [0.25, 0.3) is 12.2 Å². The van der Waals surface area contributed by atoms with Crippen molar-refractivity contribution in [3.63, 3.8) is 0 Å². The van der Waals surface area contributed by atoms with Crippen molar-refractivity contribution < 1.29 is 24.2 Å². The number of anilines is 1. The fourth-order valence-corrected chi connectivity index (χ4v) is 2.35. The van der Waals surface area contributed by atoms with Gasteiger partial charge in [-0.05, 0) is 47.5 Å². The van der Waals surface area contributed by atoms with Crippen LogP contribution >= 0.6 is 0 Å². The summed E-state index contributed by atoms with van der Waals surface area (Å²) < 4.78 is 5.00. The molecular weight excluding hydrogens is 358 g/mol. The van der Waals surface area contributed by atoms with E-state index < -0.39 is 0 Å². The normalized spacial score (nSPS) is 10.9. The Labute approximate surface area is 163 Å². The minimum atomic E-state index is -0.331. The number of amides is 1. The first-order valence-electron chi connectivity index (χ1n) is 8.54. The Hall–Kier alpha value is -3.67. The second kappa shape index (κ2) is 9.87. The first-order valence-corrected chi connectivity index (χ1v) is 8.54. The summed E-state index contributed by atoms with van der Waals surface area (Å²) in [5.74, 6) is -0.489. The monoisotopic (exact) mass is 379 g/mol. The number of benzene rings is 2. The minimum absolute atomic E-state index is 0.0106. The van der Waals surface area contributed by atoms with Crippen molar-refractivity contribution in [3.8, 4) is 11.5 Å². The van der Waals surface area contributed by atoms with Gasteiger partial charge in [-0.1, -0.05) is 30.4 Å². The number of carbonyl (C=O) groups excluding carboxylic acids is 3. The predicted molar refractivity (Wildman–Crippen MR) is 108 cm³/mol. The molecule has 6 heteroatoms. The number of allylic oxidation sites excluding steroid dienone is 2. The van der Waals surface area contributed by atoms with Crippen LogP contribution in [0, 0.1) is 0 Å². The van der Waals surface area contributed by atoms with Gasteiger partial charge >= 0.3 is 0 Å². The summed E-state index contributed by atoms with van der Waals surface area (Å²) in [5.41, 5.74) is 2.12. The lowest BCUT2D eigenvalue weighted by Gasteiger charge is -2.03. The summed E-state index contributed by atoms with van der Waals surface area (Å²) in [6, 6.07) is 11.7. The first kappa shape index (κ1) is 20.6. The molecule has 2 rings (SSSR count). The maximum Gasteiger partial charge on any atom is 0.221 e. The Kier molecular flexibility index (Phi) is 7.28. The summed E-state index contributed by atoms with van der Waals surface area (Å²) in [4.78, 5) is 34.9. The van der Waals surface area contributed by atoms with Gasteiger partial charge in [-0.25, -0.2) is 0 Å². The van der Waals surface area contributed by atoms with E-state index in [1.54, 1.807) is 48.6 Å². The molecule has 0 aliphatic heterocycles. The van der Waals surface area contributed by atoms with Crippen LogP contribution < -0.4 is 10.1 Å². The third-order valence-corrected chi connectivity index (χ3v) is 3.71. The zero-order chi connectivity index (χ0) is 20.5. The number of aromatic hydroxyl groups is 1. The summed E-state index contributed by atoms with van der Waals surface area (Å²) in [5, 5.41) is 12.2. The highest BCUT2D eigenvalue weighted by Gasteiger charge is 2.05. The number of phenols is 1. The van der Waals surface area contributed by atoms with E-state index in [2.05, 4.69) is 5.32 Å². The molecule has 2 N–H and O–H groups in total. The van der Waals surface area contributed by atoms with Gasteiger partial charge in [0, 0.05) is 12.6 Å². The molecule has 6 nitrogen and oxygen atoms in total. The van der Waals surface area contributed by atoms with E-state index >= 15 is 0 Å². The lowest BCUT2D eigenvalue weighted by atomic mass is 10.1. The second-order valence-electron chi connectivity index (χ2n) is 6.01. The van der Waals surface area contributed by atoms with Crippen molar-refractivity contribution in [2.45, 2.75) is 13.3 Å². The number of nitrogens with one attached hydrogen (secondary N) is 1. The number of hydrogen-bond acceptors (Lipinski definition) is 5. The molecule has 144 valence electrons. The summed E-state index contributed by atoms with van der Waals surface area (Å²) in [6.45, 7) is 1.43. The van der Waals surface area contributed by atoms with Crippen LogP contribution in [-0.4, -0.2) is 29.7 Å². The van der Waals surface area contributed by atoms with Crippen molar-refractivity contribution in [1.29, 1.82) is 0 Å². The van der Waals surface area contributed by atoms with Gasteiger partial charge in [-0.2, -0.15) is 0 Å². The van der Waals surface area contributed by atoms with Crippen molar-refractivity contribution in [3.05, 3.63) is 65.7 Å². The Morgan fingerprint density at radius 2 is 1.54 bits per heavy atom. The van der Waals surface area contributed by atoms with E-state index in [4.69, 9.17) is 4.74 Å². The number of hydrogen-bond donors (Lipinski definition) is 2. The summed E-state index contributed by atoms with van der Waals surface area (Å²) in [7, 11) is 1.44. The predicted octanol–water partition coefficient (Wildman–Crippen LogP) is 3.61. The zero-order valence-corrected chi connectivity index (χ0v) is 15.6. The molecule has 0 aliphatic rings. The molecule has 0 fully saturated rings. The van der Waals surface area contributed by atoms with Crippen molar-refractivity contribution in [2.24, 2.45) is 0 Å². The summed E-state index contributed by atoms with van der Waals surface area (Å²) in [6.07, 6.45) is 5.60. The van der Waals surface area contributed by atoms with Crippen LogP contribution in [0.4, 0.5) is 5.69 Å². The highest BCUT2D eigenvalue weighted by molar-refractivity contribution is 6.10. The smallest absolute Gasteiger partial charge is 0.221 e. The number of methoxy groups -OCH3 is 1. The first-order chi connectivity index (χ1) is 13.4. The fourth-order valence-electron chi connectivity index (χ4n) is 2.35. The lowest BCUT2D eigenvalue weighted by molar-refractivity contribution is -0.122. The van der Waals surface area contributed by atoms with E-state index in [1.807, 2.05) is 0 Å². The van der Waals surface area contributed by atoms with Gasteiger partial charge in [-0.3, -0.25) is 14.4 Å². The standard InChI is InChI=1S/C22H21NO5/c1-15(24)23-18-8-3-16(4-9-18)5-10-19(25)14-20(26)11-6-17-7-12-21(27)22(13-17)28-2/h3-13,27H,14H2,1-2H3,(H,23,24)/b10-5+,11-6+. The van der Waals surface area contributed by atoms with Gasteiger partial charge in [0.05, 0.1) is 13.5 Å². The maximum atomic E-state index is 11.9. The molecule has 1 amide bonds. The topological polar surface area (TPSA) is 92.7 Å². The average Bonchev–Trinajstić information content (AvgIpc) is 2.66. The molecule has 0 atom stereocenters. The molecular formula is C22H21NO5. The van der Waals surface area contributed by atoms with Crippen LogP contribution in [0.1, 0.15) is 24.5 Å². The Bertz CT molecular complexity index is 926. The van der Waals surface area contributed by atoms with Gasteiger partial charge in [0.2, 0.25) is 5.91 Å². The van der Waals surface area contributed by atoms with E-state index in [0.717, 1.165) is 5.56 Å². The van der Waals surface area contributed by atoms with Crippen molar-refractivity contribution in [1.82, 2.24) is 0 Å². The number of rotatable bonds is 8. The Morgan fingerprint density at radius 3 is 2.11 bits per heavy atom. The zero-order valence-electron chi connectivity index (χ0n) is 15.6. The quantitative estimate of drug-likeness (QED) is 0.540. The molecule has 0 saturated heterocycles. The lowest BCUT2D eigenvalue weighted by Crippen LogP contribution is -2.05. The van der Waals surface area contributed by atoms with Gasteiger partial charge in [0.15, 0.2) is 23.1 Å². The Morgan fingerprint density at radius 1 is 0.964 bits per heavy atom. The van der Waals surface area contributed by atoms with Crippen LogP contribution in [0.2, 0.25) is 0 Å². The van der Waals surface area contributed by atoms with Crippen molar-refractivity contribution >= 4 is 35.3 Å². The third kappa shape index (κ3) is 6.57. The molecule has 2 aromatic carbocycles. The molecule has 0 aliphatic carbocycles. The number of phenolic OH excluding ortho intramolecular Hbond substituents is 1. The van der Waals surface area contributed by atoms with E-state index in [1.165, 1.54) is 32.3 Å². The van der Waals surface area contributed by atoms with E-state index in [-0.39, 0.29) is 29.6 Å². The van der Waals surface area contributed by atoms with Gasteiger partial charge in [0.25, 0.3) is 0 Å². The molecule has 0 radical (unpaired) electrons.